The number of benzene rings is 1. The zero-order valence-corrected chi connectivity index (χ0v) is 12.8. The van der Waals surface area contributed by atoms with Gasteiger partial charge in [0, 0.05) is 24.6 Å². The molecule has 1 aromatic rings. The average molecular weight is 298 g/mol. The number of carboxylic acids is 1. The first-order chi connectivity index (χ1) is 9.46. The number of anilines is 1. The number of halogens is 1. The van der Waals surface area contributed by atoms with Gasteiger partial charge in [0.1, 0.15) is 11.3 Å². The molecule has 0 radical (unpaired) electrons. The van der Waals surface area contributed by atoms with Crippen molar-refractivity contribution < 1.29 is 14.6 Å². The molecule has 1 saturated heterocycles. The second-order valence-electron chi connectivity index (χ2n) is 5.37. The van der Waals surface area contributed by atoms with Crippen LogP contribution in [-0.2, 0) is 0 Å². The average Bonchev–Trinajstić information content (AvgIpc) is 2.39. The standard InChI is InChI=1S/C15H20ClNO3/c1-4-15(5-2)8-17(9-15)12-7-13(20-3)10(14(18)19)6-11(12)16/h6-7H,4-5,8-9H2,1-3H3,(H,18,19). The minimum absolute atomic E-state index is 0.0963. The third-order valence-electron chi connectivity index (χ3n) is 4.39. The summed E-state index contributed by atoms with van der Waals surface area (Å²) in [7, 11) is 1.47. The van der Waals surface area contributed by atoms with E-state index < -0.39 is 5.97 Å². The fraction of sp³-hybridized carbons (Fsp3) is 0.533. The lowest BCUT2D eigenvalue weighted by atomic mass is 9.75. The number of methoxy groups -OCH3 is 1. The Morgan fingerprint density at radius 2 is 2.00 bits per heavy atom. The number of nitrogens with zero attached hydrogens (tertiary/aromatic N) is 1. The van der Waals surface area contributed by atoms with Crippen LogP contribution in [0.2, 0.25) is 5.02 Å². The first-order valence-corrected chi connectivity index (χ1v) is 7.20. The molecule has 0 atom stereocenters. The van der Waals surface area contributed by atoms with Crippen LogP contribution in [0.15, 0.2) is 12.1 Å². The minimum Gasteiger partial charge on any atom is -0.496 e. The topological polar surface area (TPSA) is 49.8 Å². The van der Waals surface area contributed by atoms with E-state index in [4.69, 9.17) is 21.4 Å². The molecule has 0 bridgehead atoms. The van der Waals surface area contributed by atoms with Gasteiger partial charge in [-0.1, -0.05) is 25.4 Å². The number of carboxylic acid groups (broad SMARTS) is 1. The van der Waals surface area contributed by atoms with Crippen molar-refractivity contribution in [2.45, 2.75) is 26.7 Å². The molecule has 5 heteroatoms. The second-order valence-corrected chi connectivity index (χ2v) is 5.78. The molecule has 20 heavy (non-hydrogen) atoms. The fourth-order valence-corrected chi connectivity index (χ4v) is 3.04. The van der Waals surface area contributed by atoms with Crippen molar-refractivity contribution in [1.29, 1.82) is 0 Å². The maximum atomic E-state index is 11.1. The van der Waals surface area contributed by atoms with E-state index in [9.17, 15) is 4.79 Å². The van der Waals surface area contributed by atoms with Gasteiger partial charge in [-0.05, 0) is 18.9 Å². The number of hydrogen-bond acceptors (Lipinski definition) is 3. The van der Waals surface area contributed by atoms with Gasteiger partial charge in [0.15, 0.2) is 0 Å². The van der Waals surface area contributed by atoms with Crippen molar-refractivity contribution in [2.24, 2.45) is 5.41 Å². The highest BCUT2D eigenvalue weighted by atomic mass is 35.5. The Morgan fingerprint density at radius 3 is 2.45 bits per heavy atom. The van der Waals surface area contributed by atoms with Crippen LogP contribution in [0.3, 0.4) is 0 Å². The third kappa shape index (κ3) is 2.44. The molecule has 4 nitrogen and oxygen atoms in total. The van der Waals surface area contributed by atoms with Gasteiger partial charge < -0.3 is 14.7 Å². The Kier molecular flexibility index (Phi) is 4.14. The monoisotopic (exact) mass is 297 g/mol. The molecule has 1 heterocycles. The summed E-state index contributed by atoms with van der Waals surface area (Å²) in [5, 5.41) is 9.59. The van der Waals surface area contributed by atoms with Crippen molar-refractivity contribution in [1.82, 2.24) is 0 Å². The van der Waals surface area contributed by atoms with E-state index in [2.05, 4.69) is 18.7 Å². The predicted octanol–water partition coefficient (Wildman–Crippen LogP) is 3.67. The van der Waals surface area contributed by atoms with Crippen LogP contribution in [0.1, 0.15) is 37.0 Å². The second kappa shape index (κ2) is 5.52. The summed E-state index contributed by atoms with van der Waals surface area (Å²) < 4.78 is 5.16. The molecule has 0 spiro atoms. The molecule has 1 N–H and O–H groups in total. The van der Waals surface area contributed by atoms with Crippen LogP contribution in [0.25, 0.3) is 0 Å². The predicted molar refractivity (Wildman–Crippen MR) is 80.2 cm³/mol. The summed E-state index contributed by atoms with van der Waals surface area (Å²) in [6.45, 7) is 6.32. The van der Waals surface area contributed by atoms with Crippen LogP contribution in [0.5, 0.6) is 5.75 Å². The van der Waals surface area contributed by atoms with Crippen molar-refractivity contribution in [3.8, 4) is 5.75 Å². The van der Waals surface area contributed by atoms with E-state index in [1.807, 2.05) is 0 Å². The SMILES string of the molecule is CCC1(CC)CN(c2cc(OC)c(C(=O)O)cc2Cl)C1. The molecule has 110 valence electrons. The highest BCUT2D eigenvalue weighted by Crippen LogP contribution is 2.43. The summed E-state index contributed by atoms with van der Waals surface area (Å²) in [6, 6.07) is 3.19. The van der Waals surface area contributed by atoms with Crippen molar-refractivity contribution in [3.05, 3.63) is 22.7 Å². The maximum Gasteiger partial charge on any atom is 0.339 e. The number of rotatable bonds is 5. The molecular formula is C15H20ClNO3. The van der Waals surface area contributed by atoms with Gasteiger partial charge in [0.2, 0.25) is 0 Å². The van der Waals surface area contributed by atoms with Crippen LogP contribution >= 0.6 is 11.6 Å². The molecule has 2 rings (SSSR count). The molecule has 1 aromatic carbocycles. The summed E-state index contributed by atoms with van der Waals surface area (Å²) in [5.74, 6) is -0.683. The first kappa shape index (κ1) is 15.0. The molecule has 0 saturated carbocycles. The normalized spacial score (nSPS) is 16.7. The highest BCUT2D eigenvalue weighted by molar-refractivity contribution is 6.33. The molecule has 0 aliphatic carbocycles. The van der Waals surface area contributed by atoms with Crippen LogP contribution in [-0.4, -0.2) is 31.3 Å². The number of carbonyl (C=O) groups is 1. The molecule has 1 aliphatic heterocycles. The van der Waals surface area contributed by atoms with E-state index >= 15 is 0 Å². The van der Waals surface area contributed by atoms with E-state index in [1.165, 1.54) is 13.2 Å². The van der Waals surface area contributed by atoms with Crippen LogP contribution in [0.4, 0.5) is 5.69 Å². The fourth-order valence-electron chi connectivity index (χ4n) is 2.75. The van der Waals surface area contributed by atoms with Crippen molar-refractivity contribution in [3.63, 3.8) is 0 Å². The Hall–Kier alpha value is -1.42. The zero-order chi connectivity index (χ0) is 14.9. The van der Waals surface area contributed by atoms with E-state index in [0.717, 1.165) is 31.6 Å². The zero-order valence-electron chi connectivity index (χ0n) is 12.1. The van der Waals surface area contributed by atoms with Crippen LogP contribution < -0.4 is 9.64 Å². The minimum atomic E-state index is -1.03. The number of aromatic carboxylic acids is 1. The first-order valence-electron chi connectivity index (χ1n) is 6.82. The Bertz CT molecular complexity index is 518. The number of ether oxygens (including phenoxy) is 1. The number of hydrogen-bond donors (Lipinski definition) is 1. The Balaban J connectivity index is 2.29. The van der Waals surface area contributed by atoms with Crippen molar-refractivity contribution in [2.75, 3.05) is 25.1 Å². The van der Waals surface area contributed by atoms with Crippen LogP contribution in [0, 0.1) is 5.41 Å². The van der Waals surface area contributed by atoms with Gasteiger partial charge in [0.25, 0.3) is 0 Å². The largest absolute Gasteiger partial charge is 0.496 e. The smallest absolute Gasteiger partial charge is 0.339 e. The van der Waals surface area contributed by atoms with E-state index in [1.54, 1.807) is 6.07 Å². The molecule has 1 aliphatic rings. The quantitative estimate of drug-likeness (QED) is 0.901. The molecule has 0 unspecified atom stereocenters. The summed E-state index contributed by atoms with van der Waals surface area (Å²) in [5.41, 5.74) is 1.31. The third-order valence-corrected chi connectivity index (χ3v) is 4.70. The summed E-state index contributed by atoms with van der Waals surface area (Å²) in [4.78, 5) is 13.3. The molecule has 0 aromatic heterocycles. The van der Waals surface area contributed by atoms with E-state index in [-0.39, 0.29) is 5.56 Å². The van der Waals surface area contributed by atoms with Crippen molar-refractivity contribution >= 4 is 23.3 Å². The lowest BCUT2D eigenvalue weighted by Crippen LogP contribution is -2.56. The molecular weight excluding hydrogens is 278 g/mol. The Morgan fingerprint density at radius 1 is 1.40 bits per heavy atom. The highest BCUT2D eigenvalue weighted by Gasteiger charge is 2.40. The molecule has 0 amide bonds. The Labute approximate surface area is 124 Å². The van der Waals surface area contributed by atoms with Gasteiger partial charge in [-0.2, -0.15) is 0 Å². The molecule has 1 fully saturated rings. The summed E-state index contributed by atoms with van der Waals surface area (Å²) >= 11 is 6.23. The maximum absolute atomic E-state index is 11.1. The lowest BCUT2D eigenvalue weighted by molar-refractivity contribution is 0.0693. The van der Waals surface area contributed by atoms with Gasteiger partial charge in [-0.15, -0.1) is 0 Å². The van der Waals surface area contributed by atoms with Gasteiger partial charge in [-0.25, -0.2) is 4.79 Å². The van der Waals surface area contributed by atoms with Gasteiger partial charge in [-0.3, -0.25) is 0 Å². The van der Waals surface area contributed by atoms with Gasteiger partial charge in [0.05, 0.1) is 17.8 Å². The summed E-state index contributed by atoms with van der Waals surface area (Å²) in [6.07, 6.45) is 2.28. The van der Waals surface area contributed by atoms with E-state index in [0.29, 0.717) is 16.2 Å². The van der Waals surface area contributed by atoms with Gasteiger partial charge >= 0.3 is 5.97 Å². The lowest BCUT2D eigenvalue weighted by Gasteiger charge is -2.51.